The first-order valence-corrected chi connectivity index (χ1v) is 9.56. The average Bonchev–Trinajstić information content (AvgIpc) is 2.78. The number of nitriles is 1. The van der Waals surface area contributed by atoms with Gasteiger partial charge >= 0.3 is 0 Å². The van der Waals surface area contributed by atoms with E-state index in [0.717, 1.165) is 11.3 Å². The molecular formula is C22H20N4O3. The van der Waals surface area contributed by atoms with E-state index in [-0.39, 0.29) is 17.7 Å². The molecule has 1 fully saturated rings. The summed E-state index contributed by atoms with van der Waals surface area (Å²) in [6, 6.07) is 14.0. The number of carbonyl (C=O) groups excluding carboxylic acids is 3. The maximum Gasteiger partial charge on any atom is 0.253 e. The first-order valence-electron chi connectivity index (χ1n) is 9.56. The van der Waals surface area contributed by atoms with Gasteiger partial charge in [-0.15, -0.1) is 0 Å². The van der Waals surface area contributed by atoms with Crippen LogP contribution in [-0.4, -0.2) is 53.7 Å². The van der Waals surface area contributed by atoms with E-state index in [9.17, 15) is 14.4 Å². The summed E-state index contributed by atoms with van der Waals surface area (Å²) in [4.78, 5) is 40.5. The minimum atomic E-state index is -0.0916. The molecule has 0 radical (unpaired) electrons. The zero-order chi connectivity index (χ0) is 20.4. The van der Waals surface area contributed by atoms with E-state index in [0.29, 0.717) is 55.7 Å². The number of rotatable bonds is 2. The molecule has 0 aromatic heterocycles. The molecule has 0 saturated carbocycles. The highest BCUT2D eigenvalue weighted by Gasteiger charge is 2.26. The molecular weight excluding hydrogens is 368 g/mol. The van der Waals surface area contributed by atoms with Crippen LogP contribution in [0.5, 0.6) is 0 Å². The van der Waals surface area contributed by atoms with Crippen molar-refractivity contribution in [3.8, 4) is 6.07 Å². The van der Waals surface area contributed by atoms with Crippen LogP contribution in [0.2, 0.25) is 0 Å². The van der Waals surface area contributed by atoms with Gasteiger partial charge in [-0.05, 0) is 54.4 Å². The average molecular weight is 388 g/mol. The summed E-state index contributed by atoms with van der Waals surface area (Å²) in [7, 11) is 0. The highest BCUT2D eigenvalue weighted by atomic mass is 16.2. The van der Waals surface area contributed by atoms with Crippen LogP contribution in [0.15, 0.2) is 42.5 Å². The molecule has 29 heavy (non-hydrogen) atoms. The fraction of sp³-hybridized carbons (Fsp3) is 0.273. The molecule has 0 bridgehead atoms. The second kappa shape index (κ2) is 7.76. The second-order valence-electron chi connectivity index (χ2n) is 7.19. The first-order chi connectivity index (χ1) is 14.0. The SMILES string of the molecule is N#Cc1ccc(C(=O)N2CCN(C(=O)c3ccc4c(c3)CCC(=O)N4)CC2)cc1. The van der Waals surface area contributed by atoms with Gasteiger partial charge in [0.1, 0.15) is 0 Å². The van der Waals surface area contributed by atoms with Gasteiger partial charge < -0.3 is 15.1 Å². The van der Waals surface area contributed by atoms with Crippen LogP contribution >= 0.6 is 0 Å². The van der Waals surface area contributed by atoms with Gasteiger partial charge in [0.25, 0.3) is 11.8 Å². The van der Waals surface area contributed by atoms with Gasteiger partial charge in [0.05, 0.1) is 11.6 Å². The Morgan fingerprint density at radius 3 is 2.07 bits per heavy atom. The Balaban J connectivity index is 1.39. The zero-order valence-electron chi connectivity index (χ0n) is 15.9. The molecule has 2 aliphatic heterocycles. The Morgan fingerprint density at radius 2 is 1.45 bits per heavy atom. The van der Waals surface area contributed by atoms with Crippen molar-refractivity contribution in [2.24, 2.45) is 0 Å². The molecule has 0 spiro atoms. The largest absolute Gasteiger partial charge is 0.335 e. The van der Waals surface area contributed by atoms with Gasteiger partial charge in [0.2, 0.25) is 5.91 Å². The van der Waals surface area contributed by atoms with Crippen LogP contribution in [0, 0.1) is 11.3 Å². The molecule has 2 heterocycles. The fourth-order valence-corrected chi connectivity index (χ4v) is 3.68. The molecule has 2 aliphatic rings. The number of aryl methyl sites for hydroxylation is 1. The third kappa shape index (κ3) is 3.83. The van der Waals surface area contributed by atoms with Crippen molar-refractivity contribution >= 4 is 23.4 Å². The number of fused-ring (bicyclic) bond motifs is 1. The normalized spacial score (nSPS) is 15.9. The third-order valence-corrected chi connectivity index (χ3v) is 5.36. The van der Waals surface area contributed by atoms with Crippen LogP contribution in [0.4, 0.5) is 5.69 Å². The first kappa shape index (κ1) is 18.7. The standard InChI is InChI=1S/C22H20N4O3/c23-14-15-1-3-16(4-2-15)21(28)25-9-11-26(12-10-25)22(29)18-5-7-19-17(13-18)6-8-20(27)24-19/h1-5,7,13H,6,8-12H2,(H,24,27). The molecule has 0 unspecified atom stereocenters. The molecule has 4 rings (SSSR count). The van der Waals surface area contributed by atoms with Gasteiger partial charge in [-0.25, -0.2) is 0 Å². The molecule has 0 aliphatic carbocycles. The number of nitrogens with one attached hydrogen (secondary N) is 1. The summed E-state index contributed by atoms with van der Waals surface area (Å²) in [5.41, 5.74) is 3.41. The third-order valence-electron chi connectivity index (χ3n) is 5.36. The summed E-state index contributed by atoms with van der Waals surface area (Å²) in [5, 5.41) is 11.7. The lowest BCUT2D eigenvalue weighted by Gasteiger charge is -2.35. The van der Waals surface area contributed by atoms with E-state index in [1.807, 2.05) is 12.1 Å². The summed E-state index contributed by atoms with van der Waals surface area (Å²) < 4.78 is 0. The van der Waals surface area contributed by atoms with Crippen LogP contribution < -0.4 is 5.32 Å². The molecule has 7 nitrogen and oxygen atoms in total. The Morgan fingerprint density at radius 1 is 0.862 bits per heavy atom. The van der Waals surface area contributed by atoms with E-state index < -0.39 is 0 Å². The smallest absolute Gasteiger partial charge is 0.253 e. The highest BCUT2D eigenvalue weighted by Crippen LogP contribution is 2.24. The number of benzene rings is 2. The number of carbonyl (C=O) groups is 3. The predicted molar refractivity (Wildman–Crippen MR) is 106 cm³/mol. The molecule has 146 valence electrons. The lowest BCUT2D eigenvalue weighted by atomic mass is 10.00. The fourth-order valence-electron chi connectivity index (χ4n) is 3.68. The quantitative estimate of drug-likeness (QED) is 0.852. The number of hydrogen-bond acceptors (Lipinski definition) is 4. The summed E-state index contributed by atoms with van der Waals surface area (Å²) in [6.45, 7) is 1.86. The molecule has 1 N–H and O–H groups in total. The van der Waals surface area contributed by atoms with Crippen molar-refractivity contribution in [3.63, 3.8) is 0 Å². The molecule has 0 atom stereocenters. The Hall–Kier alpha value is -3.66. The topological polar surface area (TPSA) is 93.5 Å². The zero-order valence-corrected chi connectivity index (χ0v) is 15.9. The number of amides is 3. The van der Waals surface area contributed by atoms with Crippen molar-refractivity contribution in [2.75, 3.05) is 31.5 Å². The molecule has 2 aromatic rings. The van der Waals surface area contributed by atoms with E-state index in [2.05, 4.69) is 5.32 Å². The Bertz CT molecular complexity index is 1020. The van der Waals surface area contributed by atoms with Gasteiger partial charge in [0, 0.05) is 49.4 Å². The van der Waals surface area contributed by atoms with Gasteiger partial charge in [-0.1, -0.05) is 0 Å². The second-order valence-corrected chi connectivity index (χ2v) is 7.19. The molecule has 7 heteroatoms. The van der Waals surface area contributed by atoms with Crippen molar-refractivity contribution in [2.45, 2.75) is 12.8 Å². The van der Waals surface area contributed by atoms with Crippen molar-refractivity contribution in [3.05, 3.63) is 64.7 Å². The van der Waals surface area contributed by atoms with Crippen LogP contribution in [0.3, 0.4) is 0 Å². The monoisotopic (exact) mass is 388 g/mol. The summed E-state index contributed by atoms with van der Waals surface area (Å²) >= 11 is 0. The van der Waals surface area contributed by atoms with Gasteiger partial charge in [-0.2, -0.15) is 5.26 Å². The minimum Gasteiger partial charge on any atom is -0.335 e. The van der Waals surface area contributed by atoms with Crippen LogP contribution in [-0.2, 0) is 11.2 Å². The van der Waals surface area contributed by atoms with Crippen LogP contribution in [0.1, 0.15) is 38.3 Å². The van der Waals surface area contributed by atoms with Crippen LogP contribution in [0.25, 0.3) is 0 Å². The predicted octanol–water partition coefficient (Wildman–Crippen LogP) is 2.04. The Labute approximate surface area is 168 Å². The number of anilines is 1. The molecule has 3 amide bonds. The lowest BCUT2D eigenvalue weighted by Crippen LogP contribution is -2.50. The van der Waals surface area contributed by atoms with E-state index in [4.69, 9.17) is 5.26 Å². The van der Waals surface area contributed by atoms with Gasteiger partial charge in [-0.3, -0.25) is 14.4 Å². The van der Waals surface area contributed by atoms with Crippen molar-refractivity contribution in [1.29, 1.82) is 5.26 Å². The number of piperazine rings is 1. The van der Waals surface area contributed by atoms with Crippen molar-refractivity contribution in [1.82, 2.24) is 9.80 Å². The molecule has 1 saturated heterocycles. The maximum atomic E-state index is 12.9. The minimum absolute atomic E-state index is 0.000343. The summed E-state index contributed by atoms with van der Waals surface area (Å²) in [5.74, 6) is -0.152. The van der Waals surface area contributed by atoms with Crippen molar-refractivity contribution < 1.29 is 14.4 Å². The number of nitrogens with zero attached hydrogens (tertiary/aromatic N) is 3. The maximum absolute atomic E-state index is 12.9. The van der Waals surface area contributed by atoms with Gasteiger partial charge in [0.15, 0.2) is 0 Å². The number of hydrogen-bond donors (Lipinski definition) is 1. The summed E-state index contributed by atoms with van der Waals surface area (Å²) in [6.07, 6.45) is 1.07. The Kier molecular flexibility index (Phi) is 5.00. The van der Waals surface area contributed by atoms with E-state index in [1.54, 1.807) is 46.2 Å². The lowest BCUT2D eigenvalue weighted by molar-refractivity contribution is -0.116. The van der Waals surface area contributed by atoms with E-state index >= 15 is 0 Å². The molecule has 2 aromatic carbocycles. The van der Waals surface area contributed by atoms with E-state index in [1.165, 1.54) is 0 Å². The highest BCUT2D eigenvalue weighted by molar-refractivity contribution is 5.98.